The second-order valence-corrected chi connectivity index (χ2v) is 9.45. The first kappa shape index (κ1) is 45.7. The van der Waals surface area contributed by atoms with Crippen LogP contribution in [0.5, 0.6) is 23.0 Å². The van der Waals surface area contributed by atoms with Gasteiger partial charge in [-0.15, -0.1) is 0 Å². The highest BCUT2D eigenvalue weighted by Gasteiger charge is 2.53. The zero-order chi connectivity index (χ0) is 39.4. The van der Waals surface area contributed by atoms with Crippen LogP contribution in [0.4, 0.5) is 0 Å². The number of rotatable bonds is 3. The lowest BCUT2D eigenvalue weighted by atomic mass is 9.88. The summed E-state index contributed by atoms with van der Waals surface area (Å²) in [5.74, 6) is -8.23. The first-order valence-corrected chi connectivity index (χ1v) is 13.6. The van der Waals surface area contributed by atoms with Crippen LogP contribution in [0.1, 0.15) is 62.2 Å². The summed E-state index contributed by atoms with van der Waals surface area (Å²) in [5.41, 5.74) is 0.332. The molecule has 0 saturated carbocycles. The first-order valence-electron chi connectivity index (χ1n) is 13.6. The second-order valence-electron chi connectivity index (χ2n) is 9.45. The number of carbonyl (C=O) groups is 6. The van der Waals surface area contributed by atoms with Gasteiger partial charge in [0, 0.05) is 45.7 Å². The van der Waals surface area contributed by atoms with Crippen molar-refractivity contribution in [3.05, 3.63) is 83.4 Å². The van der Waals surface area contributed by atoms with Gasteiger partial charge in [0.25, 0.3) is 35.6 Å². The Labute approximate surface area is 284 Å². The maximum atomic E-state index is 12.7. The van der Waals surface area contributed by atoms with Crippen LogP contribution in [0, 0.1) is 0 Å². The van der Waals surface area contributed by atoms with Crippen molar-refractivity contribution in [3.63, 3.8) is 0 Å². The highest BCUT2D eigenvalue weighted by Crippen LogP contribution is 2.46. The fraction of sp³-hybridized carbons (Fsp3) is 0.250. The highest BCUT2D eigenvalue weighted by molar-refractivity contribution is 5.89. The summed E-state index contributed by atoms with van der Waals surface area (Å²) >= 11 is 0. The second kappa shape index (κ2) is 22.2. The summed E-state index contributed by atoms with van der Waals surface area (Å²) in [6, 6.07) is 15.1. The van der Waals surface area contributed by atoms with E-state index in [2.05, 4.69) is 0 Å². The zero-order valence-electron chi connectivity index (χ0n) is 27.2. The van der Waals surface area contributed by atoms with Crippen molar-refractivity contribution in [2.24, 2.45) is 0 Å². The Hall–Kier alpha value is -6.40. The van der Waals surface area contributed by atoms with Crippen LogP contribution in [-0.4, -0.2) is 93.0 Å². The van der Waals surface area contributed by atoms with Crippen LogP contribution >= 0.6 is 0 Å². The molecule has 3 unspecified atom stereocenters. The average Bonchev–Trinajstić information content (AvgIpc) is 2.95. The smallest absolute Gasteiger partial charge is 0.338 e. The topological polar surface area (TPSA) is 323 Å². The van der Waals surface area contributed by atoms with Gasteiger partial charge in [-0.2, -0.15) is 0 Å². The number of ether oxygens (including phenoxy) is 2. The SMILES string of the molecule is CC(=O)O.CC(=O)O.CC(=O)O.CC(=O)O.CC(=O)O.O=C(OC1C(O)c2ccccc2OC1(O)c1ccc(O)c(O)c1)c1ccc(O)cc1. The number of carbonyl (C=O) groups excluding carboxylic acids is 1. The molecule has 0 aromatic heterocycles. The lowest BCUT2D eigenvalue weighted by Gasteiger charge is -2.42. The highest BCUT2D eigenvalue weighted by atomic mass is 16.7. The summed E-state index contributed by atoms with van der Waals surface area (Å²) in [7, 11) is 0. The van der Waals surface area contributed by atoms with Crippen molar-refractivity contribution in [2.75, 3.05) is 0 Å². The molecular formula is C32H38O18. The zero-order valence-corrected chi connectivity index (χ0v) is 27.2. The molecule has 0 saturated heterocycles. The van der Waals surface area contributed by atoms with Crippen molar-refractivity contribution in [1.29, 1.82) is 0 Å². The largest absolute Gasteiger partial charge is 0.508 e. The lowest BCUT2D eigenvalue weighted by molar-refractivity contribution is -0.251. The molecule has 3 aromatic rings. The molecule has 0 radical (unpaired) electrons. The maximum absolute atomic E-state index is 12.7. The molecule has 50 heavy (non-hydrogen) atoms. The molecule has 3 atom stereocenters. The van der Waals surface area contributed by atoms with E-state index >= 15 is 0 Å². The number of benzene rings is 3. The number of hydrogen-bond acceptors (Lipinski definition) is 13. The van der Waals surface area contributed by atoms with Gasteiger partial charge < -0.3 is 60.5 Å². The molecule has 10 N–H and O–H groups in total. The minimum absolute atomic E-state index is 0.0439. The van der Waals surface area contributed by atoms with E-state index in [4.69, 9.17) is 59.0 Å². The predicted molar refractivity (Wildman–Crippen MR) is 170 cm³/mol. The Kier molecular flexibility index (Phi) is 20.3. The number of aromatic hydroxyl groups is 3. The Morgan fingerprint density at radius 2 is 1.06 bits per heavy atom. The Bertz CT molecular complexity index is 1490. The quantitative estimate of drug-likeness (QED) is 0.138. The third-order valence-corrected chi connectivity index (χ3v) is 4.90. The fourth-order valence-electron chi connectivity index (χ4n) is 3.32. The standard InChI is InChI=1S/C22H18O8.5C2H4O2/c23-14-8-5-12(6-9-14)21(27)29-20-19(26)15-3-1-2-4-18(15)30-22(20,28)13-7-10-16(24)17(25)11-13;5*1-2(3)4/h1-11,19-20,23-26,28H;5*1H3,(H,3,4). The molecule has 4 rings (SSSR count). The molecule has 0 amide bonds. The maximum Gasteiger partial charge on any atom is 0.338 e. The van der Waals surface area contributed by atoms with Gasteiger partial charge in [-0.05, 0) is 48.5 Å². The minimum atomic E-state index is -2.37. The average molecular weight is 711 g/mol. The van der Waals surface area contributed by atoms with Crippen LogP contribution < -0.4 is 4.74 Å². The van der Waals surface area contributed by atoms with Gasteiger partial charge >= 0.3 is 5.97 Å². The van der Waals surface area contributed by atoms with E-state index in [1.807, 2.05) is 0 Å². The molecule has 274 valence electrons. The number of para-hydroxylation sites is 1. The number of aliphatic hydroxyl groups is 2. The lowest BCUT2D eigenvalue weighted by Crippen LogP contribution is -2.53. The summed E-state index contributed by atoms with van der Waals surface area (Å²) < 4.78 is 11.2. The normalized spacial score (nSPS) is 16.1. The summed E-state index contributed by atoms with van der Waals surface area (Å²) in [6.07, 6.45) is -3.07. The van der Waals surface area contributed by atoms with Crippen molar-refractivity contribution in [2.45, 2.75) is 52.6 Å². The van der Waals surface area contributed by atoms with E-state index in [9.17, 15) is 30.3 Å². The molecule has 0 bridgehead atoms. The van der Waals surface area contributed by atoms with Crippen LogP contribution in [0.25, 0.3) is 0 Å². The molecule has 0 aliphatic carbocycles. The van der Waals surface area contributed by atoms with Crippen molar-refractivity contribution in [1.82, 2.24) is 0 Å². The fourth-order valence-corrected chi connectivity index (χ4v) is 3.32. The van der Waals surface area contributed by atoms with E-state index in [1.54, 1.807) is 18.2 Å². The third kappa shape index (κ3) is 18.7. The molecule has 3 aromatic carbocycles. The van der Waals surface area contributed by atoms with Gasteiger partial charge in [0.15, 0.2) is 11.5 Å². The Morgan fingerprint density at radius 3 is 1.48 bits per heavy atom. The number of esters is 1. The summed E-state index contributed by atoms with van der Waals surface area (Å²) in [5, 5.41) is 88.2. The van der Waals surface area contributed by atoms with Gasteiger partial charge in [-0.1, -0.05) is 18.2 Å². The number of hydrogen-bond donors (Lipinski definition) is 10. The van der Waals surface area contributed by atoms with Gasteiger partial charge in [-0.3, -0.25) is 24.0 Å². The summed E-state index contributed by atoms with van der Waals surface area (Å²) in [4.78, 5) is 57.7. The molecule has 0 spiro atoms. The van der Waals surface area contributed by atoms with E-state index in [0.29, 0.717) is 5.56 Å². The van der Waals surface area contributed by atoms with Gasteiger partial charge in [0.05, 0.1) is 5.56 Å². The van der Waals surface area contributed by atoms with Gasteiger partial charge in [-0.25, -0.2) is 4.79 Å². The van der Waals surface area contributed by atoms with Crippen molar-refractivity contribution in [3.8, 4) is 23.0 Å². The Balaban J connectivity index is 0. The van der Waals surface area contributed by atoms with E-state index in [1.165, 1.54) is 36.4 Å². The number of carboxylic acid groups (broad SMARTS) is 5. The first-order chi connectivity index (χ1) is 23.0. The molecule has 18 heteroatoms. The van der Waals surface area contributed by atoms with Crippen molar-refractivity contribution >= 4 is 35.8 Å². The molecule has 1 aliphatic heterocycles. The van der Waals surface area contributed by atoms with Crippen LogP contribution in [0.15, 0.2) is 66.7 Å². The van der Waals surface area contributed by atoms with Crippen LogP contribution in [0.2, 0.25) is 0 Å². The number of fused-ring (bicyclic) bond motifs is 1. The van der Waals surface area contributed by atoms with Crippen molar-refractivity contribution < 1.29 is 89.3 Å². The predicted octanol–water partition coefficient (Wildman–Crippen LogP) is 2.75. The van der Waals surface area contributed by atoms with E-state index in [-0.39, 0.29) is 22.6 Å². The summed E-state index contributed by atoms with van der Waals surface area (Å²) in [6.45, 7) is 5.42. The minimum Gasteiger partial charge on any atom is -0.508 e. The number of aliphatic carboxylic acids is 5. The molecule has 18 nitrogen and oxygen atoms in total. The van der Waals surface area contributed by atoms with Gasteiger partial charge in [0.1, 0.15) is 17.6 Å². The molecule has 0 fully saturated rings. The van der Waals surface area contributed by atoms with Gasteiger partial charge in [0.2, 0.25) is 6.10 Å². The molecule has 1 heterocycles. The number of phenolic OH excluding ortho intramolecular Hbond substituents is 3. The third-order valence-electron chi connectivity index (χ3n) is 4.90. The molecular weight excluding hydrogens is 672 g/mol. The number of carboxylic acids is 5. The van der Waals surface area contributed by atoms with Crippen LogP contribution in [0.3, 0.4) is 0 Å². The monoisotopic (exact) mass is 710 g/mol. The Morgan fingerprint density at radius 1 is 0.640 bits per heavy atom. The number of phenols is 3. The van der Waals surface area contributed by atoms with Crippen LogP contribution in [-0.2, 0) is 34.5 Å². The van der Waals surface area contributed by atoms with E-state index in [0.717, 1.165) is 46.8 Å². The molecule has 1 aliphatic rings. The van der Waals surface area contributed by atoms with E-state index < -0.39 is 65.3 Å². The number of aliphatic hydroxyl groups excluding tert-OH is 1.